The van der Waals surface area contributed by atoms with Crippen molar-refractivity contribution in [1.29, 1.82) is 0 Å². The molecule has 1 heterocycles. The van der Waals surface area contributed by atoms with Gasteiger partial charge in [-0.15, -0.1) is 0 Å². The number of amides is 1. The predicted octanol–water partition coefficient (Wildman–Crippen LogP) is 1.88. The Hall–Kier alpha value is -0.610. The van der Waals surface area contributed by atoms with Crippen molar-refractivity contribution in [3.8, 4) is 0 Å². The van der Waals surface area contributed by atoms with Crippen LogP contribution in [0.1, 0.15) is 58.8 Å². The van der Waals surface area contributed by atoms with Crippen LogP contribution in [0, 0.1) is 5.92 Å². The lowest BCUT2D eigenvalue weighted by atomic mass is 9.92. The first-order valence-electron chi connectivity index (χ1n) is 8.38. The summed E-state index contributed by atoms with van der Waals surface area (Å²) < 4.78 is 0. The van der Waals surface area contributed by atoms with Gasteiger partial charge < -0.3 is 16.0 Å². The Labute approximate surface area is 123 Å². The molecule has 0 aromatic carbocycles. The fraction of sp³-hybridized carbons (Fsp3) is 0.938. The highest BCUT2D eigenvalue weighted by Crippen LogP contribution is 2.25. The monoisotopic (exact) mass is 281 g/mol. The van der Waals surface area contributed by atoms with Crippen LogP contribution in [-0.2, 0) is 4.79 Å². The van der Waals surface area contributed by atoms with Crippen molar-refractivity contribution in [2.75, 3.05) is 13.1 Å². The topological polar surface area (TPSA) is 58.4 Å². The van der Waals surface area contributed by atoms with Crippen molar-refractivity contribution in [3.63, 3.8) is 0 Å². The van der Waals surface area contributed by atoms with Crippen LogP contribution in [-0.4, -0.2) is 42.0 Å². The summed E-state index contributed by atoms with van der Waals surface area (Å²) in [5.74, 6) is 0.230. The van der Waals surface area contributed by atoms with E-state index in [2.05, 4.69) is 10.2 Å². The summed E-state index contributed by atoms with van der Waals surface area (Å²) in [7, 11) is 0. The molecule has 1 saturated carbocycles. The lowest BCUT2D eigenvalue weighted by Gasteiger charge is -2.39. The zero-order chi connectivity index (χ0) is 14.5. The SMILES string of the molecule is CC(C)[C@H](N)C(=O)NC1CCN(C2CCCCC2)CC1. The molecule has 4 nitrogen and oxygen atoms in total. The second-order valence-electron chi connectivity index (χ2n) is 6.88. The van der Waals surface area contributed by atoms with E-state index < -0.39 is 0 Å². The van der Waals surface area contributed by atoms with E-state index in [9.17, 15) is 4.79 Å². The van der Waals surface area contributed by atoms with Crippen molar-refractivity contribution in [2.24, 2.45) is 11.7 Å². The van der Waals surface area contributed by atoms with Crippen molar-refractivity contribution in [1.82, 2.24) is 10.2 Å². The summed E-state index contributed by atoms with van der Waals surface area (Å²) in [5.41, 5.74) is 5.90. The smallest absolute Gasteiger partial charge is 0.237 e. The second kappa shape index (κ2) is 7.41. The standard InChI is InChI=1S/C16H31N3O/c1-12(2)15(17)16(20)18-13-8-10-19(11-9-13)14-6-4-3-5-7-14/h12-15H,3-11,17H2,1-2H3,(H,18,20)/t15-/m0/s1. The largest absolute Gasteiger partial charge is 0.352 e. The maximum Gasteiger partial charge on any atom is 0.237 e. The normalized spacial score (nSPS) is 24.8. The fourth-order valence-electron chi connectivity index (χ4n) is 3.46. The maximum absolute atomic E-state index is 12.0. The molecule has 1 saturated heterocycles. The van der Waals surface area contributed by atoms with E-state index in [1.54, 1.807) is 0 Å². The minimum Gasteiger partial charge on any atom is -0.352 e. The second-order valence-corrected chi connectivity index (χ2v) is 6.88. The Kier molecular flexibility index (Phi) is 5.85. The van der Waals surface area contributed by atoms with Gasteiger partial charge >= 0.3 is 0 Å². The molecule has 1 aliphatic heterocycles. The summed E-state index contributed by atoms with van der Waals surface area (Å²) in [6, 6.07) is 0.761. The van der Waals surface area contributed by atoms with Gasteiger partial charge in [0.1, 0.15) is 0 Å². The number of rotatable bonds is 4. The van der Waals surface area contributed by atoms with Crippen LogP contribution in [0.4, 0.5) is 0 Å². The van der Waals surface area contributed by atoms with Crippen molar-refractivity contribution >= 4 is 5.91 Å². The average molecular weight is 281 g/mol. The Balaban J connectivity index is 1.72. The first-order valence-corrected chi connectivity index (χ1v) is 8.38. The molecular formula is C16H31N3O. The summed E-state index contributed by atoms with van der Waals surface area (Å²) in [5, 5.41) is 3.13. The highest BCUT2D eigenvalue weighted by atomic mass is 16.2. The highest BCUT2D eigenvalue weighted by Gasteiger charge is 2.28. The Morgan fingerprint density at radius 2 is 1.70 bits per heavy atom. The molecule has 0 unspecified atom stereocenters. The molecule has 1 amide bonds. The van der Waals surface area contributed by atoms with Gasteiger partial charge in [-0.05, 0) is 31.6 Å². The highest BCUT2D eigenvalue weighted by molar-refractivity contribution is 5.82. The molecule has 3 N–H and O–H groups in total. The first kappa shape index (κ1) is 15.8. The number of carbonyl (C=O) groups is 1. The minimum atomic E-state index is -0.369. The van der Waals surface area contributed by atoms with E-state index in [0.29, 0.717) is 6.04 Å². The average Bonchev–Trinajstić information content (AvgIpc) is 2.48. The van der Waals surface area contributed by atoms with Gasteiger partial charge in [-0.2, -0.15) is 0 Å². The van der Waals surface area contributed by atoms with Gasteiger partial charge in [-0.1, -0.05) is 33.1 Å². The van der Waals surface area contributed by atoms with Crippen LogP contribution in [0.25, 0.3) is 0 Å². The first-order chi connectivity index (χ1) is 9.58. The van der Waals surface area contributed by atoms with Crippen LogP contribution in [0.5, 0.6) is 0 Å². The molecule has 0 spiro atoms. The van der Waals surface area contributed by atoms with Crippen LogP contribution in [0.15, 0.2) is 0 Å². The molecular weight excluding hydrogens is 250 g/mol. The van der Waals surface area contributed by atoms with Gasteiger partial charge in [-0.25, -0.2) is 0 Å². The van der Waals surface area contributed by atoms with Gasteiger partial charge in [-0.3, -0.25) is 4.79 Å². The third-order valence-corrected chi connectivity index (χ3v) is 4.99. The van der Waals surface area contributed by atoms with Crippen LogP contribution >= 0.6 is 0 Å². The molecule has 2 fully saturated rings. The lowest BCUT2D eigenvalue weighted by molar-refractivity contribution is -0.124. The summed E-state index contributed by atoms with van der Waals surface area (Å²) in [4.78, 5) is 14.6. The lowest BCUT2D eigenvalue weighted by Crippen LogP contribution is -2.52. The number of piperidine rings is 1. The summed E-state index contributed by atoms with van der Waals surface area (Å²) in [6.45, 7) is 6.25. The number of hydrogen-bond acceptors (Lipinski definition) is 3. The summed E-state index contributed by atoms with van der Waals surface area (Å²) in [6.07, 6.45) is 9.09. The molecule has 1 aliphatic carbocycles. The Bertz CT molecular complexity index is 305. The summed E-state index contributed by atoms with van der Waals surface area (Å²) >= 11 is 0. The number of nitrogens with one attached hydrogen (secondary N) is 1. The minimum absolute atomic E-state index is 0.0242. The van der Waals surface area contributed by atoms with E-state index in [-0.39, 0.29) is 17.9 Å². The third kappa shape index (κ3) is 4.19. The molecule has 20 heavy (non-hydrogen) atoms. The van der Waals surface area contributed by atoms with Gasteiger partial charge in [0.2, 0.25) is 5.91 Å². The molecule has 0 aromatic heterocycles. The maximum atomic E-state index is 12.0. The Morgan fingerprint density at radius 3 is 2.25 bits per heavy atom. The molecule has 1 atom stereocenters. The molecule has 0 radical (unpaired) electrons. The number of hydrogen-bond donors (Lipinski definition) is 2. The van der Waals surface area contributed by atoms with Gasteiger partial charge in [0, 0.05) is 25.2 Å². The number of carbonyl (C=O) groups excluding carboxylic acids is 1. The Morgan fingerprint density at radius 1 is 1.10 bits per heavy atom. The molecule has 4 heteroatoms. The molecule has 116 valence electrons. The van der Waals surface area contributed by atoms with E-state index in [1.807, 2.05) is 13.8 Å². The van der Waals surface area contributed by atoms with Crippen molar-refractivity contribution in [2.45, 2.75) is 76.9 Å². The van der Waals surface area contributed by atoms with Crippen LogP contribution < -0.4 is 11.1 Å². The zero-order valence-corrected chi connectivity index (χ0v) is 13.1. The fourth-order valence-corrected chi connectivity index (χ4v) is 3.46. The zero-order valence-electron chi connectivity index (χ0n) is 13.1. The number of likely N-dealkylation sites (tertiary alicyclic amines) is 1. The van der Waals surface area contributed by atoms with E-state index in [1.165, 1.54) is 32.1 Å². The predicted molar refractivity (Wildman–Crippen MR) is 82.4 cm³/mol. The van der Waals surface area contributed by atoms with Crippen LogP contribution in [0.2, 0.25) is 0 Å². The molecule has 2 rings (SSSR count). The van der Waals surface area contributed by atoms with E-state index in [4.69, 9.17) is 5.73 Å². The van der Waals surface area contributed by atoms with E-state index >= 15 is 0 Å². The van der Waals surface area contributed by atoms with Crippen molar-refractivity contribution < 1.29 is 4.79 Å². The number of nitrogens with zero attached hydrogens (tertiary/aromatic N) is 1. The molecule has 0 bridgehead atoms. The van der Waals surface area contributed by atoms with Gasteiger partial charge in [0.15, 0.2) is 0 Å². The van der Waals surface area contributed by atoms with Crippen molar-refractivity contribution in [3.05, 3.63) is 0 Å². The third-order valence-electron chi connectivity index (χ3n) is 4.99. The quantitative estimate of drug-likeness (QED) is 0.827. The molecule has 0 aromatic rings. The van der Waals surface area contributed by atoms with Crippen LogP contribution in [0.3, 0.4) is 0 Å². The van der Waals surface area contributed by atoms with Gasteiger partial charge in [0.05, 0.1) is 6.04 Å². The van der Waals surface area contributed by atoms with E-state index in [0.717, 1.165) is 32.0 Å². The van der Waals surface area contributed by atoms with Gasteiger partial charge in [0.25, 0.3) is 0 Å². The number of nitrogens with two attached hydrogens (primary N) is 1. The molecule has 2 aliphatic rings.